The van der Waals surface area contributed by atoms with E-state index in [1.165, 1.54) is 0 Å². The van der Waals surface area contributed by atoms with Crippen LogP contribution in [-0.4, -0.2) is 31.6 Å². The lowest BCUT2D eigenvalue weighted by molar-refractivity contribution is -0.122. The van der Waals surface area contributed by atoms with Crippen molar-refractivity contribution in [3.05, 3.63) is 59.9 Å². The van der Waals surface area contributed by atoms with Gasteiger partial charge in [0.05, 0.1) is 24.2 Å². The minimum atomic E-state index is -3.61. The van der Waals surface area contributed by atoms with Gasteiger partial charge in [-0.3, -0.25) is 14.1 Å². The molecule has 1 N–H and O–H groups in total. The quantitative estimate of drug-likeness (QED) is 0.865. The number of pyridine rings is 1. The first-order chi connectivity index (χ1) is 11.3. The number of carbonyl (C=O) groups excluding carboxylic acids is 1. The highest BCUT2D eigenvalue weighted by molar-refractivity contribution is 7.92. The Labute approximate surface area is 142 Å². The van der Waals surface area contributed by atoms with Crippen LogP contribution in [0.15, 0.2) is 48.7 Å². The topological polar surface area (TPSA) is 79.4 Å². The van der Waals surface area contributed by atoms with Crippen molar-refractivity contribution in [2.75, 3.05) is 10.6 Å². The smallest absolute Gasteiger partial charge is 0.243 e. The van der Waals surface area contributed by atoms with Crippen LogP contribution in [0.2, 0.25) is 0 Å². The van der Waals surface area contributed by atoms with Gasteiger partial charge < -0.3 is 5.32 Å². The minimum Gasteiger partial charge on any atom is -0.349 e. The molecule has 0 saturated carbocycles. The third-order valence-corrected chi connectivity index (χ3v) is 4.76. The third-order valence-electron chi connectivity index (χ3n) is 3.51. The van der Waals surface area contributed by atoms with Crippen molar-refractivity contribution in [1.29, 1.82) is 0 Å². The average Bonchev–Trinajstić information content (AvgIpc) is 2.52. The second-order valence-corrected chi connectivity index (χ2v) is 7.47. The SMILES string of the molecule is Cc1cccc(N(C(C)C(=O)NCc2ccccn2)S(C)(=O)=O)c1. The third kappa shape index (κ3) is 4.55. The fourth-order valence-electron chi connectivity index (χ4n) is 2.40. The molecule has 1 aromatic carbocycles. The van der Waals surface area contributed by atoms with E-state index in [9.17, 15) is 13.2 Å². The molecule has 0 aliphatic heterocycles. The van der Waals surface area contributed by atoms with Crippen molar-refractivity contribution < 1.29 is 13.2 Å². The van der Waals surface area contributed by atoms with Crippen molar-refractivity contribution >= 4 is 21.6 Å². The molecule has 0 saturated heterocycles. The van der Waals surface area contributed by atoms with E-state index in [0.29, 0.717) is 11.4 Å². The molecule has 7 heteroatoms. The molecule has 24 heavy (non-hydrogen) atoms. The molecule has 1 atom stereocenters. The number of hydrogen-bond donors (Lipinski definition) is 1. The van der Waals surface area contributed by atoms with Crippen molar-refractivity contribution in [2.45, 2.75) is 26.4 Å². The van der Waals surface area contributed by atoms with Crippen LogP contribution in [0.1, 0.15) is 18.2 Å². The number of sulfonamides is 1. The second-order valence-electron chi connectivity index (χ2n) is 5.61. The largest absolute Gasteiger partial charge is 0.349 e. The number of nitrogens with one attached hydrogen (secondary N) is 1. The van der Waals surface area contributed by atoms with E-state index in [4.69, 9.17) is 0 Å². The summed E-state index contributed by atoms with van der Waals surface area (Å²) in [5.74, 6) is -0.382. The number of amides is 1. The summed E-state index contributed by atoms with van der Waals surface area (Å²) in [6.07, 6.45) is 2.73. The van der Waals surface area contributed by atoms with Crippen molar-refractivity contribution in [2.24, 2.45) is 0 Å². The van der Waals surface area contributed by atoms with Crippen LogP contribution >= 0.6 is 0 Å². The molecule has 0 fully saturated rings. The van der Waals surface area contributed by atoms with E-state index in [0.717, 1.165) is 16.1 Å². The Bertz CT molecular complexity index is 807. The molecule has 0 radical (unpaired) electrons. The Morgan fingerprint density at radius 2 is 2.00 bits per heavy atom. The van der Waals surface area contributed by atoms with Gasteiger partial charge in [0.15, 0.2) is 0 Å². The van der Waals surface area contributed by atoms with E-state index in [2.05, 4.69) is 10.3 Å². The van der Waals surface area contributed by atoms with Crippen LogP contribution < -0.4 is 9.62 Å². The van der Waals surface area contributed by atoms with Gasteiger partial charge >= 0.3 is 0 Å². The summed E-state index contributed by atoms with van der Waals surface area (Å²) in [6.45, 7) is 3.68. The lowest BCUT2D eigenvalue weighted by atomic mass is 10.2. The monoisotopic (exact) mass is 347 g/mol. The van der Waals surface area contributed by atoms with Gasteiger partial charge in [0.1, 0.15) is 6.04 Å². The predicted molar refractivity (Wildman–Crippen MR) is 94.0 cm³/mol. The van der Waals surface area contributed by atoms with Gasteiger partial charge in [-0.05, 0) is 43.7 Å². The van der Waals surface area contributed by atoms with E-state index in [1.807, 2.05) is 19.1 Å². The number of benzene rings is 1. The van der Waals surface area contributed by atoms with Crippen molar-refractivity contribution in [1.82, 2.24) is 10.3 Å². The number of nitrogens with zero attached hydrogens (tertiary/aromatic N) is 2. The molecule has 0 aliphatic rings. The van der Waals surface area contributed by atoms with Crippen molar-refractivity contribution in [3.8, 4) is 0 Å². The molecule has 1 amide bonds. The molecule has 1 unspecified atom stereocenters. The summed E-state index contributed by atoms with van der Waals surface area (Å²) >= 11 is 0. The summed E-state index contributed by atoms with van der Waals surface area (Å²) in [4.78, 5) is 16.5. The second kappa shape index (κ2) is 7.44. The van der Waals surface area contributed by atoms with Gasteiger partial charge in [-0.15, -0.1) is 0 Å². The first kappa shape index (κ1) is 17.9. The van der Waals surface area contributed by atoms with Crippen LogP contribution in [0.25, 0.3) is 0 Å². The Balaban J connectivity index is 2.19. The van der Waals surface area contributed by atoms with Gasteiger partial charge in [-0.2, -0.15) is 0 Å². The van der Waals surface area contributed by atoms with Crippen LogP contribution in [0.4, 0.5) is 5.69 Å². The first-order valence-corrected chi connectivity index (χ1v) is 9.37. The van der Waals surface area contributed by atoms with Gasteiger partial charge in [-0.25, -0.2) is 8.42 Å². The lowest BCUT2D eigenvalue weighted by Gasteiger charge is -2.28. The number of hydrogen-bond acceptors (Lipinski definition) is 4. The van der Waals surface area contributed by atoms with E-state index in [1.54, 1.807) is 43.5 Å². The molecule has 6 nitrogen and oxygen atoms in total. The molecule has 0 spiro atoms. The summed E-state index contributed by atoms with van der Waals surface area (Å²) < 4.78 is 25.5. The maximum Gasteiger partial charge on any atom is 0.243 e. The fraction of sp³-hybridized carbons (Fsp3) is 0.294. The van der Waals surface area contributed by atoms with Crippen LogP contribution in [-0.2, 0) is 21.4 Å². The zero-order valence-corrected chi connectivity index (χ0v) is 14.7. The Hall–Kier alpha value is -2.41. The first-order valence-electron chi connectivity index (χ1n) is 7.53. The maximum absolute atomic E-state index is 12.4. The zero-order chi connectivity index (χ0) is 17.7. The summed E-state index contributed by atoms with van der Waals surface area (Å²) in [5.41, 5.74) is 2.10. The highest BCUT2D eigenvalue weighted by Crippen LogP contribution is 2.21. The summed E-state index contributed by atoms with van der Waals surface area (Å²) in [6, 6.07) is 11.6. The molecular formula is C17H21N3O3S. The number of carbonyl (C=O) groups is 1. The van der Waals surface area contributed by atoms with Gasteiger partial charge in [0, 0.05) is 6.20 Å². The summed E-state index contributed by atoms with van der Waals surface area (Å²) in [7, 11) is -3.61. The molecule has 0 aliphatic carbocycles. The number of anilines is 1. The van der Waals surface area contributed by atoms with Crippen LogP contribution in [0.3, 0.4) is 0 Å². The molecule has 1 heterocycles. The molecule has 1 aromatic heterocycles. The predicted octanol–water partition coefficient (Wildman–Crippen LogP) is 1.86. The van der Waals surface area contributed by atoms with E-state index < -0.39 is 16.1 Å². The fourth-order valence-corrected chi connectivity index (χ4v) is 3.57. The van der Waals surface area contributed by atoms with Crippen LogP contribution in [0, 0.1) is 6.92 Å². The normalized spacial score (nSPS) is 12.5. The van der Waals surface area contributed by atoms with E-state index in [-0.39, 0.29) is 12.5 Å². The van der Waals surface area contributed by atoms with Gasteiger partial charge in [0.25, 0.3) is 0 Å². The number of aryl methyl sites for hydroxylation is 1. The number of rotatable bonds is 6. The van der Waals surface area contributed by atoms with Crippen LogP contribution in [0.5, 0.6) is 0 Å². The maximum atomic E-state index is 12.4. The van der Waals surface area contributed by atoms with E-state index >= 15 is 0 Å². The molecule has 2 rings (SSSR count). The highest BCUT2D eigenvalue weighted by Gasteiger charge is 2.29. The lowest BCUT2D eigenvalue weighted by Crippen LogP contribution is -2.47. The Kier molecular flexibility index (Phi) is 5.56. The van der Waals surface area contributed by atoms with Gasteiger partial charge in [-0.1, -0.05) is 18.2 Å². The standard InChI is InChI=1S/C17H21N3O3S/c1-13-7-6-9-16(11-13)20(24(3,22)23)14(2)17(21)19-12-15-8-4-5-10-18-15/h4-11,14H,12H2,1-3H3,(H,19,21). The van der Waals surface area contributed by atoms with Crippen molar-refractivity contribution in [3.63, 3.8) is 0 Å². The molecule has 2 aromatic rings. The number of aromatic nitrogens is 1. The average molecular weight is 347 g/mol. The molecule has 0 bridgehead atoms. The zero-order valence-electron chi connectivity index (χ0n) is 13.9. The van der Waals surface area contributed by atoms with Gasteiger partial charge in [0.2, 0.25) is 15.9 Å². The Morgan fingerprint density at radius 1 is 1.25 bits per heavy atom. The minimum absolute atomic E-state index is 0.245. The molecule has 128 valence electrons. The Morgan fingerprint density at radius 3 is 2.58 bits per heavy atom. The highest BCUT2D eigenvalue weighted by atomic mass is 32.2. The molecular weight excluding hydrogens is 326 g/mol. The summed E-state index contributed by atoms with van der Waals surface area (Å²) in [5, 5.41) is 2.73.